The average molecular weight is 339 g/mol. The van der Waals surface area contributed by atoms with Crippen LogP contribution in [0.25, 0.3) is 0 Å². The van der Waals surface area contributed by atoms with Crippen LogP contribution in [0.15, 0.2) is 48.5 Å². The molecular weight excluding hydrogens is 318 g/mol. The topological polar surface area (TPSA) is 66.8 Å². The maximum Gasteiger partial charge on any atom is 0.257 e. The van der Waals surface area contributed by atoms with E-state index in [2.05, 4.69) is 0 Å². The minimum Gasteiger partial charge on any atom is -0.507 e. The number of benzene rings is 2. The molecule has 1 heterocycles. The normalized spacial score (nSPS) is 16.7. The van der Waals surface area contributed by atoms with Crippen molar-refractivity contribution in [2.45, 2.75) is 25.3 Å². The molecule has 0 bridgehead atoms. The fourth-order valence-electron chi connectivity index (χ4n) is 3.25. The van der Waals surface area contributed by atoms with Gasteiger partial charge in [0.15, 0.2) is 5.78 Å². The molecule has 1 saturated heterocycles. The summed E-state index contributed by atoms with van der Waals surface area (Å²) >= 11 is 0. The van der Waals surface area contributed by atoms with Gasteiger partial charge < -0.3 is 14.7 Å². The van der Waals surface area contributed by atoms with Crippen LogP contribution in [0.2, 0.25) is 0 Å². The molecular formula is C20H21NO4. The van der Waals surface area contributed by atoms with E-state index < -0.39 is 0 Å². The van der Waals surface area contributed by atoms with Gasteiger partial charge in [-0.05, 0) is 25.0 Å². The summed E-state index contributed by atoms with van der Waals surface area (Å²) in [7, 11) is 1.50. The lowest BCUT2D eigenvalue weighted by atomic mass is 10.0. The van der Waals surface area contributed by atoms with Gasteiger partial charge >= 0.3 is 0 Å². The van der Waals surface area contributed by atoms with Crippen molar-refractivity contribution in [2.24, 2.45) is 0 Å². The first-order valence-electron chi connectivity index (χ1n) is 8.36. The predicted molar refractivity (Wildman–Crippen MR) is 94.1 cm³/mol. The molecule has 130 valence electrons. The van der Waals surface area contributed by atoms with E-state index in [9.17, 15) is 14.7 Å². The molecule has 2 aromatic carbocycles. The summed E-state index contributed by atoms with van der Waals surface area (Å²) in [6.45, 7) is 0.594. The van der Waals surface area contributed by atoms with Crippen LogP contribution in [0.1, 0.15) is 40.0 Å². The number of nitrogens with zero attached hydrogens (tertiary/aromatic N) is 1. The summed E-state index contributed by atoms with van der Waals surface area (Å²) in [4.78, 5) is 27.0. The molecule has 5 nitrogen and oxygen atoms in total. The standard InChI is InChI=1S/C20H21NO4/c1-25-16-9-10-17(19(23)13-16)20(24)21-11-5-8-15(21)12-18(22)14-6-3-2-4-7-14/h2-4,6-7,9-10,13,15,23H,5,8,11-12H2,1H3. The predicted octanol–water partition coefficient (Wildman–Crippen LogP) is 3.28. The highest BCUT2D eigenvalue weighted by atomic mass is 16.5. The van der Waals surface area contributed by atoms with Gasteiger partial charge in [0.2, 0.25) is 0 Å². The van der Waals surface area contributed by atoms with Crippen LogP contribution in [-0.2, 0) is 0 Å². The summed E-state index contributed by atoms with van der Waals surface area (Å²) in [6, 6.07) is 13.6. The zero-order valence-electron chi connectivity index (χ0n) is 14.1. The molecule has 0 saturated carbocycles. The number of Topliss-reactive ketones (excluding diaryl/α,β-unsaturated/α-hetero) is 1. The number of ether oxygens (including phenoxy) is 1. The van der Waals surface area contributed by atoms with Gasteiger partial charge in [-0.3, -0.25) is 9.59 Å². The number of hydrogen-bond acceptors (Lipinski definition) is 4. The largest absolute Gasteiger partial charge is 0.507 e. The molecule has 1 unspecified atom stereocenters. The Hall–Kier alpha value is -2.82. The van der Waals surface area contributed by atoms with E-state index in [1.807, 2.05) is 18.2 Å². The van der Waals surface area contributed by atoms with E-state index in [-0.39, 0.29) is 29.0 Å². The third kappa shape index (κ3) is 3.65. The first-order valence-corrected chi connectivity index (χ1v) is 8.36. The Morgan fingerprint density at radius 3 is 2.64 bits per heavy atom. The third-order valence-corrected chi connectivity index (χ3v) is 4.59. The Labute approximate surface area is 146 Å². The summed E-state index contributed by atoms with van der Waals surface area (Å²) in [5, 5.41) is 10.1. The molecule has 3 rings (SSSR count). The molecule has 1 fully saturated rings. The maximum absolute atomic E-state index is 12.8. The first-order chi connectivity index (χ1) is 12.1. The van der Waals surface area contributed by atoms with Crippen LogP contribution < -0.4 is 4.74 Å². The lowest BCUT2D eigenvalue weighted by molar-refractivity contribution is 0.0714. The van der Waals surface area contributed by atoms with Gasteiger partial charge in [0, 0.05) is 30.6 Å². The number of amides is 1. The van der Waals surface area contributed by atoms with Crippen LogP contribution in [0.5, 0.6) is 11.5 Å². The molecule has 1 N–H and O–H groups in total. The van der Waals surface area contributed by atoms with Crippen molar-refractivity contribution in [3.63, 3.8) is 0 Å². The lowest BCUT2D eigenvalue weighted by Gasteiger charge is -2.25. The minimum atomic E-state index is -0.247. The molecule has 1 aliphatic rings. The Morgan fingerprint density at radius 1 is 1.20 bits per heavy atom. The second kappa shape index (κ2) is 7.38. The highest BCUT2D eigenvalue weighted by Gasteiger charge is 2.32. The smallest absolute Gasteiger partial charge is 0.257 e. The molecule has 1 aliphatic heterocycles. The molecule has 25 heavy (non-hydrogen) atoms. The highest BCUT2D eigenvalue weighted by Crippen LogP contribution is 2.29. The van der Waals surface area contributed by atoms with E-state index >= 15 is 0 Å². The zero-order chi connectivity index (χ0) is 17.8. The van der Waals surface area contributed by atoms with Gasteiger partial charge in [0.05, 0.1) is 12.7 Å². The highest BCUT2D eigenvalue weighted by molar-refractivity contribution is 5.99. The molecule has 1 amide bonds. The number of carbonyl (C=O) groups is 2. The molecule has 0 aliphatic carbocycles. The summed E-state index contributed by atoms with van der Waals surface area (Å²) in [6.07, 6.45) is 1.95. The Bertz CT molecular complexity index is 773. The van der Waals surface area contributed by atoms with Gasteiger partial charge in [-0.2, -0.15) is 0 Å². The van der Waals surface area contributed by atoms with Crippen LogP contribution in [-0.4, -0.2) is 41.4 Å². The molecule has 2 aromatic rings. The van der Waals surface area contributed by atoms with E-state index in [0.29, 0.717) is 24.3 Å². The maximum atomic E-state index is 12.8. The van der Waals surface area contributed by atoms with Crippen LogP contribution in [0, 0.1) is 0 Å². The van der Waals surface area contributed by atoms with Gasteiger partial charge in [-0.1, -0.05) is 30.3 Å². The molecule has 0 spiro atoms. The van der Waals surface area contributed by atoms with Gasteiger partial charge in [-0.15, -0.1) is 0 Å². The van der Waals surface area contributed by atoms with Crippen molar-refractivity contribution in [2.75, 3.05) is 13.7 Å². The number of carbonyl (C=O) groups excluding carboxylic acids is 2. The minimum absolute atomic E-state index is 0.0317. The number of hydrogen-bond donors (Lipinski definition) is 1. The second-order valence-corrected chi connectivity index (χ2v) is 6.17. The quantitative estimate of drug-likeness (QED) is 0.849. The number of phenolic OH excluding ortho intramolecular Hbond substituents is 1. The second-order valence-electron chi connectivity index (χ2n) is 6.17. The lowest BCUT2D eigenvalue weighted by Crippen LogP contribution is -2.36. The molecule has 0 radical (unpaired) electrons. The van der Waals surface area contributed by atoms with Crippen molar-refractivity contribution in [1.82, 2.24) is 4.90 Å². The molecule has 1 atom stereocenters. The van der Waals surface area contributed by atoms with Crippen molar-refractivity contribution < 1.29 is 19.4 Å². The van der Waals surface area contributed by atoms with E-state index in [1.165, 1.54) is 13.2 Å². The fraction of sp³-hybridized carbons (Fsp3) is 0.300. The average Bonchev–Trinajstić information content (AvgIpc) is 3.09. The van der Waals surface area contributed by atoms with Gasteiger partial charge in [0.1, 0.15) is 11.5 Å². The summed E-state index contributed by atoms with van der Waals surface area (Å²) < 4.78 is 5.05. The Balaban J connectivity index is 1.75. The summed E-state index contributed by atoms with van der Waals surface area (Å²) in [5.41, 5.74) is 0.897. The monoisotopic (exact) mass is 339 g/mol. The van der Waals surface area contributed by atoms with Crippen molar-refractivity contribution >= 4 is 11.7 Å². The fourth-order valence-corrected chi connectivity index (χ4v) is 3.25. The van der Waals surface area contributed by atoms with Crippen LogP contribution in [0.4, 0.5) is 0 Å². The number of methoxy groups -OCH3 is 1. The Morgan fingerprint density at radius 2 is 1.96 bits per heavy atom. The Kier molecular flexibility index (Phi) is 5.03. The van der Waals surface area contributed by atoms with E-state index in [0.717, 1.165) is 12.8 Å². The first kappa shape index (κ1) is 17.0. The van der Waals surface area contributed by atoms with Crippen molar-refractivity contribution in [3.8, 4) is 11.5 Å². The number of likely N-dealkylation sites (tertiary alicyclic amines) is 1. The number of ketones is 1. The zero-order valence-corrected chi connectivity index (χ0v) is 14.1. The van der Waals surface area contributed by atoms with E-state index in [1.54, 1.807) is 29.2 Å². The number of aromatic hydroxyl groups is 1. The number of rotatable bonds is 5. The van der Waals surface area contributed by atoms with Crippen molar-refractivity contribution in [1.29, 1.82) is 0 Å². The van der Waals surface area contributed by atoms with Gasteiger partial charge in [-0.25, -0.2) is 0 Å². The van der Waals surface area contributed by atoms with Crippen LogP contribution >= 0.6 is 0 Å². The molecule has 5 heteroatoms. The molecule has 0 aromatic heterocycles. The SMILES string of the molecule is COc1ccc(C(=O)N2CCCC2CC(=O)c2ccccc2)c(O)c1. The van der Waals surface area contributed by atoms with Gasteiger partial charge in [0.25, 0.3) is 5.91 Å². The number of phenols is 1. The third-order valence-electron chi connectivity index (χ3n) is 4.59. The van der Waals surface area contributed by atoms with Crippen LogP contribution in [0.3, 0.4) is 0 Å². The van der Waals surface area contributed by atoms with E-state index in [4.69, 9.17) is 4.74 Å². The van der Waals surface area contributed by atoms with Crippen molar-refractivity contribution in [3.05, 3.63) is 59.7 Å². The summed E-state index contributed by atoms with van der Waals surface area (Å²) in [5.74, 6) is 0.170.